The van der Waals surface area contributed by atoms with Crippen molar-refractivity contribution in [3.63, 3.8) is 0 Å². The highest BCUT2D eigenvalue weighted by Gasteiger charge is 2.03. The minimum atomic E-state index is -0.216. The van der Waals surface area contributed by atoms with Gasteiger partial charge in [-0.3, -0.25) is 4.79 Å². The molecule has 2 heterocycles. The fourth-order valence-electron chi connectivity index (χ4n) is 1.74. The van der Waals surface area contributed by atoms with Crippen molar-refractivity contribution in [3.05, 3.63) is 61.8 Å². The Kier molecular flexibility index (Phi) is 3.10. The number of nitrogens with zero attached hydrogens (tertiary/aromatic N) is 2. The Hall–Kier alpha value is -2.05. The molecule has 0 spiro atoms. The number of H-pyrrole nitrogens is 1. The standard InChI is InChI=1S/C13H9N3OS2/c17-12-10-5-1-2-6-11(10)15-13(18)16(12)14-8-9-4-3-7-19-9/h1-8H,(H,15,18)/b14-8-. The van der Waals surface area contributed by atoms with Gasteiger partial charge >= 0.3 is 0 Å². The minimum Gasteiger partial charge on any atom is -0.330 e. The van der Waals surface area contributed by atoms with E-state index in [-0.39, 0.29) is 10.3 Å². The molecule has 1 aromatic carbocycles. The lowest BCUT2D eigenvalue weighted by atomic mass is 10.2. The summed E-state index contributed by atoms with van der Waals surface area (Å²) in [5.41, 5.74) is 0.507. The number of benzene rings is 1. The maximum atomic E-state index is 12.3. The van der Waals surface area contributed by atoms with Crippen LogP contribution in [0.3, 0.4) is 0 Å². The topological polar surface area (TPSA) is 50.1 Å². The normalized spacial score (nSPS) is 11.4. The molecule has 3 rings (SSSR count). The van der Waals surface area contributed by atoms with E-state index in [1.54, 1.807) is 23.6 Å². The van der Waals surface area contributed by atoms with Crippen LogP contribution in [-0.2, 0) is 0 Å². The molecule has 0 atom stereocenters. The Morgan fingerprint density at radius 2 is 2.11 bits per heavy atom. The Morgan fingerprint density at radius 3 is 2.89 bits per heavy atom. The lowest BCUT2D eigenvalue weighted by molar-refractivity contribution is 0.800. The summed E-state index contributed by atoms with van der Waals surface area (Å²) in [6, 6.07) is 11.1. The molecule has 94 valence electrons. The summed E-state index contributed by atoms with van der Waals surface area (Å²) in [6.45, 7) is 0. The molecule has 0 amide bonds. The first-order valence-electron chi connectivity index (χ1n) is 5.57. The summed E-state index contributed by atoms with van der Waals surface area (Å²) in [5.74, 6) is 0. The molecule has 0 aliphatic carbocycles. The second kappa shape index (κ2) is 4.91. The van der Waals surface area contributed by atoms with Crippen LogP contribution in [0.15, 0.2) is 51.7 Å². The van der Waals surface area contributed by atoms with Gasteiger partial charge in [0.25, 0.3) is 5.56 Å². The molecule has 0 unspecified atom stereocenters. The third-order valence-electron chi connectivity index (χ3n) is 2.63. The van der Waals surface area contributed by atoms with Gasteiger partial charge in [-0.05, 0) is 35.8 Å². The predicted molar refractivity (Wildman–Crippen MR) is 80.7 cm³/mol. The van der Waals surface area contributed by atoms with Gasteiger partial charge in [-0.15, -0.1) is 11.3 Å². The molecule has 0 radical (unpaired) electrons. The minimum absolute atomic E-state index is 0.216. The summed E-state index contributed by atoms with van der Waals surface area (Å²) in [5, 5.41) is 6.67. The molecule has 0 bridgehead atoms. The van der Waals surface area contributed by atoms with Gasteiger partial charge in [-0.2, -0.15) is 9.78 Å². The van der Waals surface area contributed by atoms with Crippen LogP contribution in [0.25, 0.3) is 10.9 Å². The van der Waals surface area contributed by atoms with Crippen molar-refractivity contribution in [2.24, 2.45) is 5.10 Å². The number of aromatic amines is 1. The summed E-state index contributed by atoms with van der Waals surface area (Å²) < 4.78 is 1.49. The van der Waals surface area contributed by atoms with E-state index in [9.17, 15) is 4.79 Å². The SMILES string of the molecule is O=c1c2ccccc2[nH]c(=S)n1/N=C\c1cccs1. The number of thiophene rings is 1. The van der Waals surface area contributed by atoms with E-state index in [0.717, 1.165) is 10.4 Å². The molecule has 1 N–H and O–H groups in total. The second-order valence-electron chi connectivity index (χ2n) is 3.85. The van der Waals surface area contributed by atoms with Gasteiger partial charge in [0.1, 0.15) is 0 Å². The summed E-state index contributed by atoms with van der Waals surface area (Å²) >= 11 is 6.71. The number of hydrogen-bond donors (Lipinski definition) is 1. The van der Waals surface area contributed by atoms with Gasteiger partial charge in [-0.1, -0.05) is 18.2 Å². The monoisotopic (exact) mass is 287 g/mol. The van der Waals surface area contributed by atoms with E-state index in [0.29, 0.717) is 5.39 Å². The molecule has 0 aliphatic rings. The van der Waals surface area contributed by atoms with Crippen molar-refractivity contribution in [2.45, 2.75) is 0 Å². The fraction of sp³-hybridized carbons (Fsp3) is 0. The van der Waals surface area contributed by atoms with Crippen LogP contribution in [0, 0.1) is 4.77 Å². The number of rotatable bonds is 2. The van der Waals surface area contributed by atoms with Crippen LogP contribution < -0.4 is 5.56 Å². The first kappa shape index (κ1) is 12.0. The van der Waals surface area contributed by atoms with Crippen LogP contribution in [0.2, 0.25) is 0 Å². The molecule has 0 aliphatic heterocycles. The average Bonchev–Trinajstić information content (AvgIpc) is 2.92. The highest BCUT2D eigenvalue weighted by Crippen LogP contribution is 2.07. The van der Waals surface area contributed by atoms with Crippen LogP contribution in [0.4, 0.5) is 0 Å². The van der Waals surface area contributed by atoms with Gasteiger partial charge in [0, 0.05) is 4.88 Å². The van der Waals surface area contributed by atoms with Gasteiger partial charge in [-0.25, -0.2) is 0 Å². The number of para-hydroxylation sites is 1. The lowest BCUT2D eigenvalue weighted by Gasteiger charge is -2.01. The van der Waals surface area contributed by atoms with Gasteiger partial charge in [0.05, 0.1) is 17.1 Å². The second-order valence-corrected chi connectivity index (χ2v) is 5.22. The molecule has 0 fully saturated rings. The zero-order chi connectivity index (χ0) is 13.2. The molecular formula is C13H9N3OS2. The van der Waals surface area contributed by atoms with Crippen molar-refractivity contribution >= 4 is 40.7 Å². The highest BCUT2D eigenvalue weighted by atomic mass is 32.1. The fourth-order valence-corrected chi connectivity index (χ4v) is 2.56. The van der Waals surface area contributed by atoms with E-state index in [1.165, 1.54) is 4.68 Å². The molecular weight excluding hydrogens is 278 g/mol. The maximum absolute atomic E-state index is 12.3. The largest absolute Gasteiger partial charge is 0.330 e. The Balaban J connectivity index is 2.19. The van der Waals surface area contributed by atoms with Gasteiger partial charge < -0.3 is 4.98 Å². The first-order valence-corrected chi connectivity index (χ1v) is 6.86. The Morgan fingerprint density at radius 1 is 1.26 bits per heavy atom. The summed E-state index contributed by atoms with van der Waals surface area (Å²) in [6.07, 6.45) is 1.63. The molecule has 4 nitrogen and oxygen atoms in total. The maximum Gasteiger partial charge on any atom is 0.282 e. The van der Waals surface area contributed by atoms with E-state index in [1.807, 2.05) is 35.7 Å². The quantitative estimate of drug-likeness (QED) is 0.582. The zero-order valence-corrected chi connectivity index (χ0v) is 11.4. The number of aromatic nitrogens is 2. The van der Waals surface area contributed by atoms with Gasteiger partial charge in [0.15, 0.2) is 0 Å². The molecule has 3 aromatic rings. The molecule has 2 aromatic heterocycles. The lowest BCUT2D eigenvalue weighted by Crippen LogP contribution is -2.18. The smallest absolute Gasteiger partial charge is 0.282 e. The van der Waals surface area contributed by atoms with Crippen LogP contribution in [0.5, 0.6) is 0 Å². The van der Waals surface area contributed by atoms with Crippen molar-refractivity contribution in [1.82, 2.24) is 9.66 Å². The van der Waals surface area contributed by atoms with Crippen molar-refractivity contribution in [2.75, 3.05) is 0 Å². The van der Waals surface area contributed by atoms with Crippen LogP contribution in [-0.4, -0.2) is 15.9 Å². The highest BCUT2D eigenvalue weighted by molar-refractivity contribution is 7.71. The number of fused-ring (bicyclic) bond motifs is 1. The zero-order valence-electron chi connectivity index (χ0n) is 9.74. The van der Waals surface area contributed by atoms with E-state index >= 15 is 0 Å². The van der Waals surface area contributed by atoms with E-state index in [2.05, 4.69) is 10.1 Å². The van der Waals surface area contributed by atoms with Crippen LogP contribution >= 0.6 is 23.6 Å². The van der Waals surface area contributed by atoms with Crippen molar-refractivity contribution in [1.29, 1.82) is 0 Å². The van der Waals surface area contributed by atoms with Crippen molar-refractivity contribution < 1.29 is 0 Å². The predicted octanol–water partition coefficient (Wildman–Crippen LogP) is 3.00. The molecule has 6 heteroatoms. The average molecular weight is 287 g/mol. The number of hydrogen-bond acceptors (Lipinski definition) is 4. The Bertz CT molecular complexity index is 859. The van der Waals surface area contributed by atoms with Crippen molar-refractivity contribution in [3.8, 4) is 0 Å². The summed E-state index contributed by atoms with van der Waals surface area (Å²) in [7, 11) is 0. The third kappa shape index (κ3) is 2.27. The Labute approximate surface area is 117 Å². The number of nitrogens with one attached hydrogen (secondary N) is 1. The molecule has 19 heavy (non-hydrogen) atoms. The molecule has 0 saturated heterocycles. The van der Waals surface area contributed by atoms with Crippen LogP contribution in [0.1, 0.15) is 4.88 Å². The van der Waals surface area contributed by atoms with Gasteiger partial charge in [0.2, 0.25) is 4.77 Å². The van der Waals surface area contributed by atoms with E-state index in [4.69, 9.17) is 12.2 Å². The summed E-state index contributed by atoms with van der Waals surface area (Å²) in [4.78, 5) is 16.2. The third-order valence-corrected chi connectivity index (χ3v) is 3.71. The van der Waals surface area contributed by atoms with E-state index < -0.39 is 0 Å². The first-order chi connectivity index (χ1) is 9.25. The molecule has 0 saturated carbocycles.